The van der Waals surface area contributed by atoms with Gasteiger partial charge in [0.1, 0.15) is 0 Å². The van der Waals surface area contributed by atoms with Crippen LogP contribution in [0.2, 0.25) is 0 Å². The van der Waals surface area contributed by atoms with E-state index >= 15 is 0 Å². The number of hydrogen-bond donors (Lipinski definition) is 0. The van der Waals surface area contributed by atoms with Crippen molar-refractivity contribution < 1.29 is 4.74 Å². The zero-order valence-electron chi connectivity index (χ0n) is 12.6. The van der Waals surface area contributed by atoms with Crippen LogP contribution in [0.1, 0.15) is 60.8 Å². The molecule has 1 aliphatic heterocycles. The Morgan fingerprint density at radius 3 is 1.76 bits per heavy atom. The van der Waals surface area contributed by atoms with E-state index in [0.717, 1.165) is 25.0 Å². The normalized spacial score (nSPS) is 38.5. The fourth-order valence-corrected chi connectivity index (χ4v) is 4.22. The summed E-state index contributed by atoms with van der Waals surface area (Å²) in [6.07, 6.45) is 4.13. The molecule has 100 valence electrons. The molecule has 0 bridgehead atoms. The molecule has 0 spiro atoms. The summed E-state index contributed by atoms with van der Waals surface area (Å²) in [7, 11) is 0. The molecule has 1 heterocycles. The Hall–Kier alpha value is -0.0400. The van der Waals surface area contributed by atoms with Crippen LogP contribution >= 0.6 is 0 Å². The highest BCUT2D eigenvalue weighted by Crippen LogP contribution is 2.61. The molecule has 2 atom stereocenters. The third-order valence-electron chi connectivity index (χ3n) is 5.10. The number of ether oxygens (including phenoxy) is 1. The van der Waals surface area contributed by atoms with Crippen LogP contribution in [-0.2, 0) is 4.74 Å². The zero-order chi connectivity index (χ0) is 12.9. The molecule has 2 unspecified atom stereocenters. The molecule has 2 aliphatic rings. The highest BCUT2D eigenvalue weighted by Gasteiger charge is 2.54. The lowest BCUT2D eigenvalue weighted by molar-refractivity contribution is 0.0204. The minimum atomic E-state index is 0.421. The molecular formula is C16H30O. The molecule has 0 amide bonds. The average Bonchev–Trinajstić information content (AvgIpc) is 2.56. The maximum Gasteiger partial charge on any atom is 0.0498 e. The fraction of sp³-hybridized carbons (Fsp3) is 1.00. The molecule has 0 aromatic heterocycles. The summed E-state index contributed by atoms with van der Waals surface area (Å²) >= 11 is 0. The third-order valence-corrected chi connectivity index (χ3v) is 5.10. The van der Waals surface area contributed by atoms with E-state index in [1.54, 1.807) is 0 Å². The van der Waals surface area contributed by atoms with Crippen LogP contribution in [0, 0.1) is 28.1 Å². The van der Waals surface area contributed by atoms with E-state index in [9.17, 15) is 0 Å². The van der Waals surface area contributed by atoms with Crippen LogP contribution in [0.15, 0.2) is 0 Å². The van der Waals surface area contributed by atoms with Gasteiger partial charge in [0.15, 0.2) is 0 Å². The molecule has 0 radical (unpaired) electrons. The van der Waals surface area contributed by atoms with Gasteiger partial charge in [-0.25, -0.2) is 0 Å². The topological polar surface area (TPSA) is 9.23 Å². The molecule has 0 aromatic rings. The van der Waals surface area contributed by atoms with E-state index < -0.39 is 0 Å². The number of fused-ring (bicyclic) bond motifs is 1. The zero-order valence-corrected chi connectivity index (χ0v) is 12.6. The number of hydrogen-bond acceptors (Lipinski definition) is 1. The molecule has 1 saturated heterocycles. The first-order valence-corrected chi connectivity index (χ1v) is 7.21. The molecule has 1 heteroatoms. The van der Waals surface area contributed by atoms with Gasteiger partial charge in [-0.1, -0.05) is 41.5 Å². The molecule has 1 aliphatic carbocycles. The Bertz CT molecular complexity index is 267. The largest absolute Gasteiger partial charge is 0.381 e. The van der Waals surface area contributed by atoms with Gasteiger partial charge < -0.3 is 4.74 Å². The van der Waals surface area contributed by atoms with Gasteiger partial charge in [-0.2, -0.15) is 0 Å². The summed E-state index contributed by atoms with van der Waals surface area (Å²) < 4.78 is 5.65. The van der Waals surface area contributed by atoms with E-state index in [0.29, 0.717) is 16.2 Å². The number of rotatable bonds is 1. The predicted molar refractivity (Wildman–Crippen MR) is 73.0 cm³/mol. The molecule has 0 N–H and O–H groups in total. The van der Waals surface area contributed by atoms with Crippen molar-refractivity contribution >= 4 is 0 Å². The van der Waals surface area contributed by atoms with Gasteiger partial charge in [-0.15, -0.1) is 0 Å². The second-order valence-corrected chi connectivity index (χ2v) is 8.73. The van der Waals surface area contributed by atoms with Gasteiger partial charge in [-0.05, 0) is 47.3 Å². The van der Waals surface area contributed by atoms with Crippen LogP contribution in [0.25, 0.3) is 0 Å². The lowest BCUT2D eigenvalue weighted by Gasteiger charge is -2.46. The Balaban J connectivity index is 2.22. The van der Waals surface area contributed by atoms with Gasteiger partial charge >= 0.3 is 0 Å². The molecule has 1 saturated carbocycles. The maximum atomic E-state index is 5.65. The van der Waals surface area contributed by atoms with Crippen LogP contribution in [0.3, 0.4) is 0 Å². The van der Waals surface area contributed by atoms with Gasteiger partial charge in [0.2, 0.25) is 0 Å². The van der Waals surface area contributed by atoms with Crippen molar-refractivity contribution in [1.82, 2.24) is 0 Å². The monoisotopic (exact) mass is 238 g/mol. The highest BCUT2D eigenvalue weighted by molar-refractivity contribution is 5.03. The third kappa shape index (κ3) is 2.54. The van der Waals surface area contributed by atoms with Gasteiger partial charge in [0.25, 0.3) is 0 Å². The minimum absolute atomic E-state index is 0.421. The van der Waals surface area contributed by atoms with Crippen molar-refractivity contribution in [2.75, 3.05) is 13.2 Å². The van der Waals surface area contributed by atoms with Crippen molar-refractivity contribution in [1.29, 1.82) is 0 Å². The molecule has 2 fully saturated rings. The Labute approximate surface area is 107 Å². The average molecular weight is 238 g/mol. The van der Waals surface area contributed by atoms with Gasteiger partial charge in [0, 0.05) is 13.2 Å². The van der Waals surface area contributed by atoms with E-state index in [1.807, 2.05) is 0 Å². The van der Waals surface area contributed by atoms with Gasteiger partial charge in [0.05, 0.1) is 0 Å². The summed E-state index contributed by atoms with van der Waals surface area (Å²) in [5, 5.41) is 0. The SMILES string of the molecule is CC(C)(C)CC1(C(C)(C)C)CC2COCC2C1. The second kappa shape index (κ2) is 3.98. The fourth-order valence-electron chi connectivity index (χ4n) is 4.22. The minimum Gasteiger partial charge on any atom is -0.381 e. The van der Waals surface area contributed by atoms with Crippen molar-refractivity contribution in [3.8, 4) is 0 Å². The van der Waals surface area contributed by atoms with Crippen molar-refractivity contribution in [2.45, 2.75) is 60.8 Å². The van der Waals surface area contributed by atoms with E-state index in [1.165, 1.54) is 19.3 Å². The van der Waals surface area contributed by atoms with E-state index in [4.69, 9.17) is 4.74 Å². The van der Waals surface area contributed by atoms with Crippen molar-refractivity contribution in [3.05, 3.63) is 0 Å². The Kier molecular flexibility index (Phi) is 3.14. The highest BCUT2D eigenvalue weighted by atomic mass is 16.5. The van der Waals surface area contributed by atoms with E-state index in [-0.39, 0.29) is 0 Å². The molecule has 0 aromatic carbocycles. The first-order valence-electron chi connectivity index (χ1n) is 7.21. The van der Waals surface area contributed by atoms with E-state index in [2.05, 4.69) is 41.5 Å². The van der Waals surface area contributed by atoms with Crippen LogP contribution in [0.4, 0.5) is 0 Å². The van der Waals surface area contributed by atoms with Crippen LogP contribution < -0.4 is 0 Å². The summed E-state index contributed by atoms with van der Waals surface area (Å²) in [5.41, 5.74) is 1.39. The predicted octanol–water partition coefficient (Wildman–Crippen LogP) is 4.51. The Morgan fingerprint density at radius 1 is 0.941 bits per heavy atom. The standard InChI is InChI=1S/C16H30O/c1-14(2,3)11-16(15(4,5)6)7-12-9-17-10-13(12)8-16/h12-13H,7-11H2,1-6H3. The molecule has 2 rings (SSSR count). The Morgan fingerprint density at radius 2 is 1.41 bits per heavy atom. The van der Waals surface area contributed by atoms with Crippen molar-refractivity contribution in [2.24, 2.45) is 28.1 Å². The molecule has 17 heavy (non-hydrogen) atoms. The molecular weight excluding hydrogens is 208 g/mol. The molecule has 1 nitrogen and oxygen atoms in total. The first-order chi connectivity index (χ1) is 7.63. The van der Waals surface area contributed by atoms with Gasteiger partial charge in [-0.3, -0.25) is 0 Å². The van der Waals surface area contributed by atoms with Crippen LogP contribution in [-0.4, -0.2) is 13.2 Å². The van der Waals surface area contributed by atoms with Crippen LogP contribution in [0.5, 0.6) is 0 Å². The summed E-state index contributed by atoms with van der Waals surface area (Å²) in [6.45, 7) is 16.6. The quantitative estimate of drug-likeness (QED) is 0.653. The smallest absolute Gasteiger partial charge is 0.0498 e. The summed E-state index contributed by atoms with van der Waals surface area (Å²) in [4.78, 5) is 0. The lowest BCUT2D eigenvalue weighted by atomic mass is 9.59. The lowest BCUT2D eigenvalue weighted by Crippen LogP contribution is -2.37. The summed E-state index contributed by atoms with van der Waals surface area (Å²) in [5.74, 6) is 1.69. The van der Waals surface area contributed by atoms with Crippen molar-refractivity contribution in [3.63, 3.8) is 0 Å². The second-order valence-electron chi connectivity index (χ2n) is 8.73. The maximum absolute atomic E-state index is 5.65. The summed E-state index contributed by atoms with van der Waals surface area (Å²) in [6, 6.07) is 0. The first kappa shape index (κ1) is 13.4.